The number of piperazine rings is 1. The number of hydrogen-bond donors (Lipinski definition) is 1. The van der Waals surface area contributed by atoms with Crippen molar-refractivity contribution in [1.29, 1.82) is 0 Å². The highest BCUT2D eigenvalue weighted by Crippen LogP contribution is 2.29. The van der Waals surface area contributed by atoms with E-state index in [1.807, 2.05) is 25.1 Å². The summed E-state index contributed by atoms with van der Waals surface area (Å²) >= 11 is 6.07. The van der Waals surface area contributed by atoms with Gasteiger partial charge in [-0.25, -0.2) is 0 Å². The molecule has 1 saturated heterocycles. The first-order chi connectivity index (χ1) is 15.6. The average Bonchev–Trinajstić information content (AvgIpc) is 2.83. The minimum absolute atomic E-state index is 0.251. The molecule has 1 atom stereocenters. The molecule has 4 nitrogen and oxygen atoms in total. The third-order valence-electron chi connectivity index (χ3n) is 6.04. The van der Waals surface area contributed by atoms with E-state index in [9.17, 15) is 5.11 Å². The third kappa shape index (κ3) is 5.90. The van der Waals surface area contributed by atoms with Crippen molar-refractivity contribution in [2.24, 2.45) is 0 Å². The van der Waals surface area contributed by atoms with Gasteiger partial charge in [-0.15, -0.1) is 0 Å². The molecular formula is C27H31ClN2O2. The van der Waals surface area contributed by atoms with Gasteiger partial charge in [-0.2, -0.15) is 0 Å². The quantitative estimate of drug-likeness (QED) is 0.535. The van der Waals surface area contributed by atoms with Crippen molar-refractivity contribution in [3.8, 4) is 5.75 Å². The van der Waals surface area contributed by atoms with Gasteiger partial charge in [0, 0.05) is 37.7 Å². The standard InChI is InChI=1S/C27H31ClN2O2/c1-21-18-25(12-13-26(21)28)32-20-24(31)19-29-14-16-30(17-15-29)27(22-8-4-2-5-9-22)23-10-6-3-7-11-23/h2-13,18,24,27,31H,14-17,19-20H2,1H3/t24-/m0/s1. The third-order valence-corrected chi connectivity index (χ3v) is 6.47. The number of β-amino-alcohol motifs (C(OH)–C–C–N with tert-alkyl or cyclic N) is 1. The van der Waals surface area contributed by atoms with Crippen molar-refractivity contribution in [2.75, 3.05) is 39.3 Å². The molecule has 32 heavy (non-hydrogen) atoms. The summed E-state index contributed by atoms with van der Waals surface area (Å²) in [6.07, 6.45) is -0.531. The van der Waals surface area contributed by atoms with E-state index in [2.05, 4.69) is 70.5 Å². The number of halogens is 1. The molecule has 1 aliphatic rings. The van der Waals surface area contributed by atoms with Crippen molar-refractivity contribution in [2.45, 2.75) is 19.1 Å². The smallest absolute Gasteiger partial charge is 0.119 e. The summed E-state index contributed by atoms with van der Waals surface area (Å²) in [7, 11) is 0. The Balaban J connectivity index is 1.32. The molecule has 3 aromatic rings. The van der Waals surface area contributed by atoms with Gasteiger partial charge in [-0.1, -0.05) is 72.3 Å². The largest absolute Gasteiger partial charge is 0.491 e. The van der Waals surface area contributed by atoms with Crippen LogP contribution in [0.3, 0.4) is 0 Å². The highest BCUT2D eigenvalue weighted by atomic mass is 35.5. The minimum Gasteiger partial charge on any atom is -0.491 e. The number of aliphatic hydroxyl groups excluding tert-OH is 1. The van der Waals surface area contributed by atoms with Gasteiger partial charge in [0.2, 0.25) is 0 Å². The Hall–Kier alpha value is -2.37. The first kappa shape index (κ1) is 22.8. The summed E-state index contributed by atoms with van der Waals surface area (Å²) in [6, 6.07) is 27.3. The summed E-state index contributed by atoms with van der Waals surface area (Å²) in [5.41, 5.74) is 3.61. The number of rotatable bonds is 8. The van der Waals surface area contributed by atoms with Gasteiger partial charge in [-0.3, -0.25) is 9.80 Å². The molecule has 0 radical (unpaired) electrons. The van der Waals surface area contributed by atoms with Crippen LogP contribution in [0.4, 0.5) is 0 Å². The fourth-order valence-corrected chi connectivity index (χ4v) is 4.46. The Kier molecular flexibility index (Phi) is 7.82. The predicted molar refractivity (Wildman–Crippen MR) is 130 cm³/mol. The first-order valence-corrected chi connectivity index (χ1v) is 11.6. The average molecular weight is 451 g/mol. The molecule has 1 aliphatic heterocycles. The summed E-state index contributed by atoms with van der Waals surface area (Å²) < 4.78 is 5.77. The number of benzene rings is 3. The number of hydrogen-bond acceptors (Lipinski definition) is 4. The molecule has 5 heteroatoms. The summed E-state index contributed by atoms with van der Waals surface area (Å²) in [4.78, 5) is 4.87. The number of aryl methyl sites for hydroxylation is 1. The maximum atomic E-state index is 10.5. The lowest BCUT2D eigenvalue weighted by Gasteiger charge is -2.40. The normalized spacial score (nSPS) is 16.2. The number of aliphatic hydroxyl groups is 1. The molecule has 4 rings (SSSR count). The second-order valence-electron chi connectivity index (χ2n) is 8.44. The highest BCUT2D eigenvalue weighted by molar-refractivity contribution is 6.31. The van der Waals surface area contributed by atoms with E-state index in [-0.39, 0.29) is 12.6 Å². The van der Waals surface area contributed by atoms with Gasteiger partial charge < -0.3 is 9.84 Å². The van der Waals surface area contributed by atoms with Crippen LogP contribution in [0, 0.1) is 6.92 Å². The highest BCUT2D eigenvalue weighted by Gasteiger charge is 2.27. The minimum atomic E-state index is -0.531. The van der Waals surface area contributed by atoms with Crippen LogP contribution >= 0.6 is 11.6 Å². The molecule has 1 fully saturated rings. The molecule has 0 saturated carbocycles. The second-order valence-corrected chi connectivity index (χ2v) is 8.84. The Morgan fingerprint density at radius 2 is 1.47 bits per heavy atom. The molecule has 0 spiro atoms. The Morgan fingerprint density at radius 1 is 0.875 bits per heavy atom. The molecule has 0 bridgehead atoms. The van der Waals surface area contributed by atoms with Crippen LogP contribution < -0.4 is 4.74 Å². The van der Waals surface area contributed by atoms with Crippen molar-refractivity contribution in [3.63, 3.8) is 0 Å². The maximum absolute atomic E-state index is 10.5. The molecule has 1 heterocycles. The van der Waals surface area contributed by atoms with E-state index in [1.165, 1.54) is 11.1 Å². The lowest BCUT2D eigenvalue weighted by Crippen LogP contribution is -2.50. The molecule has 0 unspecified atom stereocenters. The maximum Gasteiger partial charge on any atom is 0.119 e. The predicted octanol–water partition coefficient (Wildman–Crippen LogP) is 4.80. The van der Waals surface area contributed by atoms with Crippen molar-refractivity contribution < 1.29 is 9.84 Å². The molecule has 168 valence electrons. The van der Waals surface area contributed by atoms with Crippen LogP contribution in [-0.4, -0.2) is 60.3 Å². The summed E-state index contributed by atoms with van der Waals surface area (Å²) in [5, 5.41) is 11.2. The van der Waals surface area contributed by atoms with Gasteiger partial charge in [-0.05, 0) is 41.8 Å². The van der Waals surface area contributed by atoms with Crippen LogP contribution in [0.1, 0.15) is 22.7 Å². The molecule has 0 aliphatic carbocycles. The topological polar surface area (TPSA) is 35.9 Å². The van der Waals surface area contributed by atoms with Crippen LogP contribution in [-0.2, 0) is 0 Å². The molecule has 1 N–H and O–H groups in total. The Labute approximate surface area is 196 Å². The van der Waals surface area contributed by atoms with E-state index >= 15 is 0 Å². The van der Waals surface area contributed by atoms with E-state index in [4.69, 9.17) is 16.3 Å². The zero-order chi connectivity index (χ0) is 22.3. The van der Waals surface area contributed by atoms with Crippen molar-refractivity contribution in [1.82, 2.24) is 9.80 Å². The summed E-state index contributed by atoms with van der Waals surface area (Å²) in [6.45, 7) is 6.60. The Bertz CT molecular complexity index is 936. The molecule has 0 amide bonds. The first-order valence-electron chi connectivity index (χ1n) is 11.2. The van der Waals surface area contributed by atoms with Gasteiger partial charge >= 0.3 is 0 Å². The van der Waals surface area contributed by atoms with Gasteiger partial charge in [0.05, 0.1) is 6.04 Å². The molecular weight excluding hydrogens is 420 g/mol. The van der Waals surface area contributed by atoms with Gasteiger partial charge in [0.1, 0.15) is 18.5 Å². The van der Waals surface area contributed by atoms with E-state index in [0.29, 0.717) is 6.54 Å². The SMILES string of the molecule is Cc1cc(OC[C@@H](O)CN2CCN(C(c3ccccc3)c3ccccc3)CC2)ccc1Cl. The van der Waals surface area contributed by atoms with Gasteiger partial charge in [0.15, 0.2) is 0 Å². The van der Waals surface area contributed by atoms with Crippen LogP contribution in [0.15, 0.2) is 78.9 Å². The van der Waals surface area contributed by atoms with Crippen LogP contribution in [0.2, 0.25) is 5.02 Å². The fraction of sp³-hybridized carbons (Fsp3) is 0.333. The zero-order valence-corrected chi connectivity index (χ0v) is 19.3. The van der Waals surface area contributed by atoms with E-state index in [1.54, 1.807) is 0 Å². The number of ether oxygens (including phenoxy) is 1. The van der Waals surface area contributed by atoms with Gasteiger partial charge in [0.25, 0.3) is 0 Å². The molecule has 0 aromatic heterocycles. The van der Waals surface area contributed by atoms with Crippen LogP contribution in [0.25, 0.3) is 0 Å². The number of nitrogens with zero attached hydrogens (tertiary/aromatic N) is 2. The summed E-state index contributed by atoms with van der Waals surface area (Å²) in [5.74, 6) is 0.740. The lowest BCUT2D eigenvalue weighted by molar-refractivity contribution is 0.0401. The molecule has 3 aromatic carbocycles. The van der Waals surface area contributed by atoms with Crippen molar-refractivity contribution >= 4 is 11.6 Å². The van der Waals surface area contributed by atoms with E-state index in [0.717, 1.165) is 42.5 Å². The van der Waals surface area contributed by atoms with Crippen molar-refractivity contribution in [3.05, 3.63) is 101 Å². The Morgan fingerprint density at radius 3 is 2.03 bits per heavy atom. The monoisotopic (exact) mass is 450 g/mol. The fourth-order valence-electron chi connectivity index (χ4n) is 4.34. The zero-order valence-electron chi connectivity index (χ0n) is 18.5. The van der Waals surface area contributed by atoms with Crippen LogP contribution in [0.5, 0.6) is 5.75 Å². The second kappa shape index (κ2) is 11.0. The van der Waals surface area contributed by atoms with E-state index < -0.39 is 6.10 Å². The lowest BCUT2D eigenvalue weighted by atomic mass is 9.96.